The molecule has 0 bridgehead atoms. The van der Waals surface area contributed by atoms with Crippen LogP contribution in [-0.4, -0.2) is 26.9 Å². The van der Waals surface area contributed by atoms with Gasteiger partial charge in [0.25, 0.3) is 0 Å². The number of nitrogens with one attached hydrogen (secondary N) is 1. The first-order valence-corrected chi connectivity index (χ1v) is 7.98. The Hall–Kier alpha value is -3.12. The Kier molecular flexibility index (Phi) is 3.95. The normalized spacial score (nSPS) is 10.8. The first-order chi connectivity index (χ1) is 12.2. The lowest BCUT2D eigenvalue weighted by molar-refractivity contribution is 0.415. The molecule has 4 aromatic rings. The van der Waals surface area contributed by atoms with Crippen molar-refractivity contribution in [2.45, 2.75) is 0 Å². The lowest BCUT2D eigenvalue weighted by atomic mass is 10.3. The lowest BCUT2D eigenvalue weighted by Crippen LogP contribution is -1.99. The van der Waals surface area contributed by atoms with Crippen molar-refractivity contribution >= 4 is 34.1 Å². The molecule has 4 rings (SSSR count). The standard InChI is InChI=1S/C18H14ClN5O/c1-25-15-8-4-13(5-9-15)23-17-16-10-22-24(18(16)21-11-20-17)14-6-2-12(19)3-7-14/h2-11H,1H3,(H,20,21,23). The molecule has 0 unspecified atom stereocenters. The van der Waals surface area contributed by atoms with Crippen molar-refractivity contribution in [2.24, 2.45) is 0 Å². The third kappa shape index (κ3) is 2.99. The predicted molar refractivity (Wildman–Crippen MR) is 97.9 cm³/mol. The van der Waals surface area contributed by atoms with E-state index >= 15 is 0 Å². The van der Waals surface area contributed by atoms with E-state index in [0.29, 0.717) is 16.5 Å². The average molecular weight is 352 g/mol. The number of fused-ring (bicyclic) bond motifs is 1. The monoisotopic (exact) mass is 351 g/mol. The number of hydrogen-bond acceptors (Lipinski definition) is 5. The van der Waals surface area contributed by atoms with Crippen LogP contribution in [0.2, 0.25) is 5.02 Å². The van der Waals surface area contributed by atoms with E-state index in [0.717, 1.165) is 22.5 Å². The predicted octanol–water partition coefficient (Wildman–Crippen LogP) is 4.22. The second-order valence-corrected chi connectivity index (χ2v) is 5.78. The molecule has 0 fully saturated rings. The number of rotatable bonds is 4. The van der Waals surface area contributed by atoms with Gasteiger partial charge in [0.1, 0.15) is 17.9 Å². The molecule has 2 heterocycles. The van der Waals surface area contributed by atoms with Crippen LogP contribution in [0.15, 0.2) is 61.1 Å². The smallest absolute Gasteiger partial charge is 0.168 e. The molecule has 0 radical (unpaired) electrons. The summed E-state index contributed by atoms with van der Waals surface area (Å²) in [6.45, 7) is 0. The van der Waals surface area contributed by atoms with Crippen LogP contribution in [0.1, 0.15) is 0 Å². The van der Waals surface area contributed by atoms with E-state index in [2.05, 4.69) is 20.4 Å². The summed E-state index contributed by atoms with van der Waals surface area (Å²) < 4.78 is 6.93. The third-order valence-corrected chi connectivity index (χ3v) is 4.04. The van der Waals surface area contributed by atoms with Gasteiger partial charge in [0.2, 0.25) is 0 Å². The molecule has 0 aliphatic rings. The Balaban J connectivity index is 1.72. The lowest BCUT2D eigenvalue weighted by Gasteiger charge is -2.08. The maximum atomic E-state index is 5.95. The zero-order valence-corrected chi connectivity index (χ0v) is 14.1. The quantitative estimate of drug-likeness (QED) is 0.596. The van der Waals surface area contributed by atoms with Crippen molar-refractivity contribution in [1.29, 1.82) is 0 Å². The zero-order valence-electron chi connectivity index (χ0n) is 13.3. The average Bonchev–Trinajstić information content (AvgIpc) is 3.08. The molecule has 0 aliphatic carbocycles. The summed E-state index contributed by atoms with van der Waals surface area (Å²) in [6.07, 6.45) is 3.26. The van der Waals surface area contributed by atoms with Gasteiger partial charge in [-0.3, -0.25) is 0 Å². The van der Waals surface area contributed by atoms with Gasteiger partial charge < -0.3 is 10.1 Å². The Morgan fingerprint density at radius 2 is 1.76 bits per heavy atom. The molecule has 0 spiro atoms. The highest BCUT2D eigenvalue weighted by atomic mass is 35.5. The molecule has 0 amide bonds. The zero-order chi connectivity index (χ0) is 17.2. The van der Waals surface area contributed by atoms with Crippen LogP contribution in [0, 0.1) is 0 Å². The minimum atomic E-state index is 0.677. The highest BCUT2D eigenvalue weighted by Gasteiger charge is 2.11. The van der Waals surface area contributed by atoms with Crippen molar-refractivity contribution in [3.8, 4) is 11.4 Å². The van der Waals surface area contributed by atoms with Crippen LogP contribution < -0.4 is 10.1 Å². The largest absolute Gasteiger partial charge is 0.497 e. The third-order valence-electron chi connectivity index (χ3n) is 3.79. The van der Waals surface area contributed by atoms with Crippen molar-refractivity contribution in [3.05, 3.63) is 66.1 Å². The number of nitrogens with zero attached hydrogens (tertiary/aromatic N) is 4. The van der Waals surface area contributed by atoms with Crippen LogP contribution in [0.4, 0.5) is 11.5 Å². The number of hydrogen-bond donors (Lipinski definition) is 1. The summed E-state index contributed by atoms with van der Waals surface area (Å²) in [6, 6.07) is 15.1. The first-order valence-electron chi connectivity index (χ1n) is 7.60. The highest BCUT2D eigenvalue weighted by Crippen LogP contribution is 2.25. The summed E-state index contributed by atoms with van der Waals surface area (Å²) in [5, 5.41) is 9.23. The molecule has 25 heavy (non-hydrogen) atoms. The van der Waals surface area contributed by atoms with Crippen LogP contribution in [0.3, 0.4) is 0 Å². The number of methoxy groups -OCH3 is 1. The molecule has 0 saturated carbocycles. The Morgan fingerprint density at radius 3 is 2.48 bits per heavy atom. The topological polar surface area (TPSA) is 64.9 Å². The van der Waals surface area contributed by atoms with Gasteiger partial charge >= 0.3 is 0 Å². The fourth-order valence-corrected chi connectivity index (χ4v) is 2.65. The summed E-state index contributed by atoms with van der Waals surface area (Å²) in [7, 11) is 1.64. The van der Waals surface area contributed by atoms with Crippen molar-refractivity contribution in [2.75, 3.05) is 12.4 Å². The summed E-state index contributed by atoms with van der Waals surface area (Å²) >= 11 is 5.95. The van der Waals surface area contributed by atoms with Gasteiger partial charge in [-0.25, -0.2) is 14.6 Å². The van der Waals surface area contributed by atoms with Crippen LogP contribution in [0.25, 0.3) is 16.7 Å². The molecule has 0 saturated heterocycles. The summed E-state index contributed by atoms with van der Waals surface area (Å²) in [5.41, 5.74) is 2.50. The van der Waals surface area contributed by atoms with Gasteiger partial charge in [0.15, 0.2) is 5.65 Å². The molecular formula is C18H14ClN5O. The number of benzene rings is 2. The molecule has 2 aromatic carbocycles. The Bertz CT molecular complexity index is 1010. The van der Waals surface area contributed by atoms with Gasteiger partial charge in [-0.05, 0) is 48.5 Å². The minimum Gasteiger partial charge on any atom is -0.497 e. The number of ether oxygens (including phenoxy) is 1. The molecule has 2 aromatic heterocycles. The minimum absolute atomic E-state index is 0.677. The molecule has 124 valence electrons. The maximum absolute atomic E-state index is 5.95. The second-order valence-electron chi connectivity index (χ2n) is 5.35. The Labute approximate surface area is 149 Å². The fraction of sp³-hybridized carbons (Fsp3) is 0.0556. The van der Waals surface area contributed by atoms with Gasteiger partial charge in [-0.2, -0.15) is 5.10 Å². The van der Waals surface area contributed by atoms with Gasteiger partial charge in [-0.15, -0.1) is 0 Å². The molecular weight excluding hydrogens is 338 g/mol. The van der Waals surface area contributed by atoms with Crippen LogP contribution in [0.5, 0.6) is 5.75 Å². The SMILES string of the molecule is COc1ccc(Nc2ncnc3c2cnn3-c2ccc(Cl)cc2)cc1. The fourth-order valence-electron chi connectivity index (χ4n) is 2.53. The van der Waals surface area contributed by atoms with E-state index in [9.17, 15) is 0 Å². The number of aromatic nitrogens is 4. The maximum Gasteiger partial charge on any atom is 0.168 e. The van der Waals surface area contributed by atoms with E-state index in [-0.39, 0.29) is 0 Å². The second kappa shape index (κ2) is 6.41. The van der Waals surface area contributed by atoms with E-state index in [4.69, 9.17) is 16.3 Å². The molecule has 0 atom stereocenters. The van der Waals surface area contributed by atoms with E-state index in [1.807, 2.05) is 48.5 Å². The van der Waals surface area contributed by atoms with Gasteiger partial charge in [-0.1, -0.05) is 11.6 Å². The summed E-state index contributed by atoms with van der Waals surface area (Å²) in [5.74, 6) is 1.49. The van der Waals surface area contributed by atoms with Crippen LogP contribution in [-0.2, 0) is 0 Å². The van der Waals surface area contributed by atoms with E-state index < -0.39 is 0 Å². The first kappa shape index (κ1) is 15.4. The molecule has 0 aliphatic heterocycles. The Morgan fingerprint density at radius 1 is 1.00 bits per heavy atom. The number of anilines is 2. The molecule has 6 nitrogen and oxygen atoms in total. The van der Waals surface area contributed by atoms with Crippen LogP contribution >= 0.6 is 11.6 Å². The number of halogens is 1. The van der Waals surface area contributed by atoms with Crippen molar-refractivity contribution < 1.29 is 4.74 Å². The highest BCUT2D eigenvalue weighted by molar-refractivity contribution is 6.30. The van der Waals surface area contributed by atoms with Gasteiger partial charge in [0.05, 0.1) is 24.4 Å². The van der Waals surface area contributed by atoms with E-state index in [1.165, 1.54) is 6.33 Å². The van der Waals surface area contributed by atoms with Crippen molar-refractivity contribution in [1.82, 2.24) is 19.7 Å². The van der Waals surface area contributed by atoms with Gasteiger partial charge in [0, 0.05) is 10.7 Å². The van der Waals surface area contributed by atoms with Crippen molar-refractivity contribution in [3.63, 3.8) is 0 Å². The van der Waals surface area contributed by atoms with E-state index in [1.54, 1.807) is 18.0 Å². The molecule has 7 heteroatoms. The summed E-state index contributed by atoms with van der Waals surface area (Å²) in [4.78, 5) is 8.70. The molecule has 1 N–H and O–H groups in total.